The smallest absolute Gasteiger partial charge is 0.136 e. The molecule has 1 aliphatic heterocycles. The first-order valence-corrected chi connectivity index (χ1v) is 6.69. The number of nitrogens with two attached hydrogens (primary N) is 1. The third kappa shape index (κ3) is 3.06. The summed E-state index contributed by atoms with van der Waals surface area (Å²) in [7, 11) is 1.59. The van der Waals surface area contributed by atoms with Gasteiger partial charge in [0.25, 0.3) is 0 Å². The minimum Gasteiger partial charge on any atom is -0.495 e. The van der Waals surface area contributed by atoms with Crippen LogP contribution in [0, 0.1) is 17.2 Å². The molecule has 2 N–H and O–H groups in total. The number of hydrogen-bond donors (Lipinski definition) is 1. The summed E-state index contributed by atoms with van der Waals surface area (Å²) in [5.41, 5.74) is 7.50. The van der Waals surface area contributed by atoms with E-state index in [1.54, 1.807) is 7.11 Å². The quantitative estimate of drug-likeness (QED) is 0.894. The van der Waals surface area contributed by atoms with E-state index in [0.29, 0.717) is 23.3 Å². The summed E-state index contributed by atoms with van der Waals surface area (Å²) >= 11 is 0. The first-order valence-electron chi connectivity index (χ1n) is 6.69. The Morgan fingerprint density at radius 3 is 2.89 bits per heavy atom. The standard InChI is InChI=1S/C15H21N3O/c1-11-5-13(7-16)10-18(11)9-12-3-4-15(19-2)14(6-12)8-17/h3-4,6,11,13H,5,7,9-10,16H2,1-2H3. The highest BCUT2D eigenvalue weighted by molar-refractivity contribution is 5.45. The van der Waals surface area contributed by atoms with E-state index in [9.17, 15) is 0 Å². The second-order valence-electron chi connectivity index (χ2n) is 5.26. The van der Waals surface area contributed by atoms with Crippen LogP contribution in [0.25, 0.3) is 0 Å². The number of methoxy groups -OCH3 is 1. The van der Waals surface area contributed by atoms with E-state index >= 15 is 0 Å². The van der Waals surface area contributed by atoms with Crippen LogP contribution in [-0.4, -0.2) is 31.1 Å². The molecule has 2 unspecified atom stereocenters. The minimum absolute atomic E-state index is 0.557. The van der Waals surface area contributed by atoms with Gasteiger partial charge in [-0.05, 0) is 43.5 Å². The van der Waals surface area contributed by atoms with Crippen LogP contribution in [0.5, 0.6) is 5.75 Å². The van der Waals surface area contributed by atoms with Crippen molar-refractivity contribution in [2.75, 3.05) is 20.2 Å². The Kier molecular flexibility index (Phi) is 4.41. The van der Waals surface area contributed by atoms with Crippen molar-refractivity contribution in [1.29, 1.82) is 5.26 Å². The largest absolute Gasteiger partial charge is 0.495 e. The van der Waals surface area contributed by atoms with Crippen LogP contribution in [0.4, 0.5) is 0 Å². The molecule has 0 bridgehead atoms. The van der Waals surface area contributed by atoms with Gasteiger partial charge in [0, 0.05) is 19.1 Å². The highest BCUT2D eigenvalue weighted by Crippen LogP contribution is 2.26. The molecular weight excluding hydrogens is 238 g/mol. The van der Waals surface area contributed by atoms with Crippen LogP contribution in [0.1, 0.15) is 24.5 Å². The molecule has 0 radical (unpaired) electrons. The van der Waals surface area contributed by atoms with Crippen LogP contribution in [0.2, 0.25) is 0 Å². The van der Waals surface area contributed by atoms with E-state index in [1.807, 2.05) is 18.2 Å². The first kappa shape index (κ1) is 13.9. The summed E-state index contributed by atoms with van der Waals surface area (Å²) in [6, 6.07) is 8.55. The fourth-order valence-corrected chi connectivity index (χ4v) is 2.78. The number of nitrogens with zero attached hydrogens (tertiary/aromatic N) is 2. The molecule has 19 heavy (non-hydrogen) atoms. The molecule has 0 saturated carbocycles. The lowest BCUT2D eigenvalue weighted by Gasteiger charge is -2.21. The molecule has 1 fully saturated rings. The van der Waals surface area contributed by atoms with Crippen LogP contribution in [0.3, 0.4) is 0 Å². The van der Waals surface area contributed by atoms with Crippen molar-refractivity contribution in [2.24, 2.45) is 11.7 Å². The number of ether oxygens (including phenoxy) is 1. The molecule has 0 spiro atoms. The van der Waals surface area contributed by atoms with Crippen molar-refractivity contribution in [2.45, 2.75) is 25.9 Å². The molecule has 1 heterocycles. The SMILES string of the molecule is COc1ccc(CN2CC(CN)CC2C)cc1C#N. The Bertz CT molecular complexity index is 481. The van der Waals surface area contributed by atoms with Crippen molar-refractivity contribution < 1.29 is 4.74 Å². The van der Waals surface area contributed by atoms with Gasteiger partial charge in [0.05, 0.1) is 12.7 Å². The van der Waals surface area contributed by atoms with Crippen LogP contribution in [0.15, 0.2) is 18.2 Å². The number of rotatable bonds is 4. The lowest BCUT2D eigenvalue weighted by atomic mass is 10.1. The Hall–Kier alpha value is -1.57. The van der Waals surface area contributed by atoms with Gasteiger partial charge in [0.1, 0.15) is 11.8 Å². The maximum Gasteiger partial charge on any atom is 0.136 e. The third-order valence-electron chi connectivity index (χ3n) is 3.89. The van der Waals surface area contributed by atoms with Gasteiger partial charge in [-0.25, -0.2) is 0 Å². The summed E-state index contributed by atoms with van der Waals surface area (Å²) in [6.45, 7) is 4.92. The second kappa shape index (κ2) is 6.05. The van der Waals surface area contributed by atoms with Gasteiger partial charge in [0.2, 0.25) is 0 Å². The van der Waals surface area contributed by atoms with E-state index in [0.717, 1.165) is 31.6 Å². The molecule has 2 rings (SSSR count). The van der Waals surface area contributed by atoms with E-state index in [2.05, 4.69) is 17.9 Å². The Balaban J connectivity index is 2.10. The average Bonchev–Trinajstić information content (AvgIpc) is 2.79. The van der Waals surface area contributed by atoms with Crippen molar-refractivity contribution in [3.63, 3.8) is 0 Å². The topological polar surface area (TPSA) is 62.3 Å². The Morgan fingerprint density at radius 1 is 1.53 bits per heavy atom. The summed E-state index contributed by atoms with van der Waals surface area (Å²) in [5, 5.41) is 9.11. The number of benzene rings is 1. The molecule has 1 aliphatic rings. The number of likely N-dealkylation sites (tertiary alicyclic amines) is 1. The van der Waals surface area contributed by atoms with Crippen molar-refractivity contribution in [3.05, 3.63) is 29.3 Å². The van der Waals surface area contributed by atoms with Gasteiger partial charge < -0.3 is 10.5 Å². The van der Waals surface area contributed by atoms with Gasteiger partial charge in [-0.1, -0.05) is 6.07 Å². The van der Waals surface area contributed by atoms with Gasteiger partial charge >= 0.3 is 0 Å². The third-order valence-corrected chi connectivity index (χ3v) is 3.89. The molecule has 102 valence electrons. The number of hydrogen-bond acceptors (Lipinski definition) is 4. The zero-order valence-electron chi connectivity index (χ0n) is 11.6. The van der Waals surface area contributed by atoms with E-state index < -0.39 is 0 Å². The Morgan fingerprint density at radius 2 is 2.32 bits per heavy atom. The van der Waals surface area contributed by atoms with Crippen LogP contribution in [-0.2, 0) is 6.54 Å². The highest BCUT2D eigenvalue weighted by atomic mass is 16.5. The molecule has 0 amide bonds. The molecule has 0 aromatic heterocycles. The highest BCUT2D eigenvalue weighted by Gasteiger charge is 2.27. The molecule has 1 aromatic carbocycles. The van der Waals surface area contributed by atoms with E-state index in [4.69, 9.17) is 15.7 Å². The van der Waals surface area contributed by atoms with Gasteiger partial charge in [0.15, 0.2) is 0 Å². The van der Waals surface area contributed by atoms with Crippen molar-refractivity contribution in [1.82, 2.24) is 4.90 Å². The zero-order valence-corrected chi connectivity index (χ0v) is 11.6. The lowest BCUT2D eigenvalue weighted by Crippen LogP contribution is -2.27. The van der Waals surface area contributed by atoms with Crippen molar-refractivity contribution >= 4 is 0 Å². The predicted octanol–water partition coefficient (Wildman–Crippen LogP) is 1.74. The van der Waals surface area contributed by atoms with Gasteiger partial charge in [-0.3, -0.25) is 4.90 Å². The fourth-order valence-electron chi connectivity index (χ4n) is 2.78. The molecule has 4 nitrogen and oxygen atoms in total. The molecular formula is C15H21N3O. The molecule has 0 aliphatic carbocycles. The molecule has 1 aromatic rings. The minimum atomic E-state index is 0.557. The molecule has 4 heteroatoms. The first-order chi connectivity index (χ1) is 9.17. The van der Waals surface area contributed by atoms with Crippen molar-refractivity contribution in [3.8, 4) is 11.8 Å². The predicted molar refractivity (Wildman–Crippen MR) is 74.7 cm³/mol. The van der Waals surface area contributed by atoms with Gasteiger partial charge in [-0.2, -0.15) is 5.26 Å². The zero-order chi connectivity index (χ0) is 13.8. The lowest BCUT2D eigenvalue weighted by molar-refractivity contribution is 0.256. The summed E-state index contributed by atoms with van der Waals surface area (Å²) in [6.07, 6.45) is 1.16. The average molecular weight is 259 g/mol. The second-order valence-corrected chi connectivity index (χ2v) is 5.26. The number of nitriles is 1. The van der Waals surface area contributed by atoms with Gasteiger partial charge in [-0.15, -0.1) is 0 Å². The van der Waals surface area contributed by atoms with Crippen LogP contribution < -0.4 is 10.5 Å². The maximum absolute atomic E-state index is 9.11. The fraction of sp³-hybridized carbons (Fsp3) is 0.533. The molecule has 1 saturated heterocycles. The maximum atomic E-state index is 9.11. The van der Waals surface area contributed by atoms with Crippen LogP contribution >= 0.6 is 0 Å². The summed E-state index contributed by atoms with van der Waals surface area (Å²) < 4.78 is 5.16. The summed E-state index contributed by atoms with van der Waals surface area (Å²) in [4.78, 5) is 2.43. The summed E-state index contributed by atoms with van der Waals surface area (Å²) in [5.74, 6) is 1.24. The monoisotopic (exact) mass is 259 g/mol. The molecule has 2 atom stereocenters. The Labute approximate surface area is 114 Å². The van der Waals surface area contributed by atoms with E-state index in [1.165, 1.54) is 0 Å². The van der Waals surface area contributed by atoms with E-state index in [-0.39, 0.29) is 0 Å². The normalized spacial score (nSPS) is 23.3.